The number of nitrogens with zero attached hydrogens (tertiary/aromatic N) is 2. The average molecular weight is 629 g/mol. The number of carbonyl (C=O) groups is 1. The molecular formula is C39H52N2O5. The highest BCUT2D eigenvalue weighted by molar-refractivity contribution is 5.89. The van der Waals surface area contributed by atoms with Crippen LogP contribution in [0.5, 0.6) is 5.75 Å². The SMILES string of the molecule is Cc1nc(CO)c(-c2ccc3c(c2)CC[C@@H](Cc2ccccc2)O3)c(N2CCC(C)(C)CC2)c1[C@H](OC(C)(C)C)C(=O)OC(C)C. The standard InChI is InChI=1S/C39H52N2O5/c1-25(2)44-37(43)36(46-38(4,5)6)33-26(3)40-31(24-42)34(35(33)41-20-18-39(7,8)19-21-41)29-15-17-32-28(23-29)14-16-30(45-32)22-27-12-10-9-11-13-27/h9-13,15,17,23,25,30,36,42H,14,16,18-22,24H2,1-8H3/t30-,36-/m0/s1. The number of anilines is 1. The Kier molecular flexibility index (Phi) is 10.1. The van der Waals surface area contributed by atoms with Crippen LogP contribution in [0.4, 0.5) is 5.69 Å². The molecule has 2 atom stereocenters. The summed E-state index contributed by atoms with van der Waals surface area (Å²) in [5, 5.41) is 10.7. The van der Waals surface area contributed by atoms with Gasteiger partial charge in [0, 0.05) is 36.3 Å². The zero-order valence-corrected chi connectivity index (χ0v) is 29.0. The molecule has 0 unspecified atom stereocenters. The molecule has 46 heavy (non-hydrogen) atoms. The molecule has 2 aliphatic rings. The number of hydrogen-bond donors (Lipinski definition) is 1. The molecule has 0 radical (unpaired) electrons. The zero-order chi connectivity index (χ0) is 33.2. The van der Waals surface area contributed by atoms with Crippen molar-refractivity contribution >= 4 is 11.7 Å². The number of piperidine rings is 1. The smallest absolute Gasteiger partial charge is 0.340 e. The van der Waals surface area contributed by atoms with E-state index in [1.807, 2.05) is 47.6 Å². The van der Waals surface area contributed by atoms with Crippen molar-refractivity contribution in [3.05, 3.63) is 76.6 Å². The number of hydrogen-bond acceptors (Lipinski definition) is 7. The summed E-state index contributed by atoms with van der Waals surface area (Å²) >= 11 is 0. The average Bonchev–Trinajstić information content (AvgIpc) is 2.99. The van der Waals surface area contributed by atoms with Crippen molar-refractivity contribution in [3.63, 3.8) is 0 Å². The Morgan fingerprint density at radius 2 is 1.80 bits per heavy atom. The molecule has 1 aromatic heterocycles. The fraction of sp³-hybridized carbons (Fsp3) is 0.538. The fourth-order valence-corrected chi connectivity index (χ4v) is 6.65. The molecule has 7 heteroatoms. The summed E-state index contributed by atoms with van der Waals surface area (Å²) in [5.41, 5.74) is 6.67. The van der Waals surface area contributed by atoms with Crippen LogP contribution in [0, 0.1) is 12.3 Å². The molecule has 0 bridgehead atoms. The molecule has 0 aliphatic carbocycles. The first kappa shape index (κ1) is 33.9. The Labute approximate surface area is 275 Å². The lowest BCUT2D eigenvalue weighted by Crippen LogP contribution is -2.39. The second kappa shape index (κ2) is 13.7. The number of benzene rings is 2. The highest BCUT2D eigenvalue weighted by Gasteiger charge is 2.38. The molecule has 0 saturated carbocycles. The van der Waals surface area contributed by atoms with E-state index in [1.54, 1.807) is 0 Å². The van der Waals surface area contributed by atoms with Gasteiger partial charge in [0.2, 0.25) is 0 Å². The van der Waals surface area contributed by atoms with Gasteiger partial charge in [-0.05, 0) is 101 Å². The Morgan fingerprint density at radius 1 is 1.11 bits per heavy atom. The molecule has 0 spiro atoms. The molecule has 3 heterocycles. The Balaban J connectivity index is 1.63. The fourth-order valence-electron chi connectivity index (χ4n) is 6.65. The number of pyridine rings is 1. The third-order valence-corrected chi connectivity index (χ3v) is 9.04. The zero-order valence-electron chi connectivity index (χ0n) is 29.0. The monoisotopic (exact) mass is 628 g/mol. The van der Waals surface area contributed by atoms with Crippen molar-refractivity contribution in [3.8, 4) is 16.9 Å². The summed E-state index contributed by atoms with van der Waals surface area (Å²) in [7, 11) is 0. The molecule has 1 saturated heterocycles. The summed E-state index contributed by atoms with van der Waals surface area (Å²) in [6.45, 7) is 17.5. The molecule has 3 aromatic rings. The molecule has 1 N–H and O–H groups in total. The van der Waals surface area contributed by atoms with E-state index in [9.17, 15) is 9.90 Å². The third kappa shape index (κ3) is 7.92. The van der Waals surface area contributed by atoms with Crippen molar-refractivity contribution < 1.29 is 24.1 Å². The minimum absolute atomic E-state index is 0.121. The highest BCUT2D eigenvalue weighted by Crippen LogP contribution is 2.46. The van der Waals surface area contributed by atoms with Gasteiger partial charge in [-0.15, -0.1) is 0 Å². The van der Waals surface area contributed by atoms with Gasteiger partial charge in [-0.25, -0.2) is 4.79 Å². The summed E-state index contributed by atoms with van der Waals surface area (Å²) in [4.78, 5) is 21.1. The van der Waals surface area contributed by atoms with E-state index in [1.165, 1.54) is 5.56 Å². The maximum Gasteiger partial charge on any atom is 0.340 e. The quantitative estimate of drug-likeness (QED) is 0.241. The maximum atomic E-state index is 13.8. The van der Waals surface area contributed by atoms with E-state index in [0.717, 1.165) is 73.3 Å². The van der Waals surface area contributed by atoms with Gasteiger partial charge in [0.25, 0.3) is 0 Å². The Morgan fingerprint density at radius 3 is 2.43 bits per heavy atom. The predicted octanol–water partition coefficient (Wildman–Crippen LogP) is 7.92. The molecular weight excluding hydrogens is 576 g/mol. The van der Waals surface area contributed by atoms with Crippen LogP contribution >= 0.6 is 0 Å². The highest BCUT2D eigenvalue weighted by atomic mass is 16.6. The lowest BCUT2D eigenvalue weighted by Gasteiger charge is -2.41. The van der Waals surface area contributed by atoms with Gasteiger partial charge in [-0.3, -0.25) is 4.98 Å². The Bertz CT molecular complexity index is 1520. The number of aryl methyl sites for hydroxylation is 2. The largest absolute Gasteiger partial charge is 0.490 e. The summed E-state index contributed by atoms with van der Waals surface area (Å²) in [6.07, 6.45) is 3.54. The normalized spacial score (nSPS) is 18.6. The van der Waals surface area contributed by atoms with Crippen molar-refractivity contribution in [2.75, 3.05) is 18.0 Å². The van der Waals surface area contributed by atoms with Crippen molar-refractivity contribution in [1.29, 1.82) is 0 Å². The van der Waals surface area contributed by atoms with E-state index < -0.39 is 17.7 Å². The number of ether oxygens (including phenoxy) is 3. The lowest BCUT2D eigenvalue weighted by atomic mass is 9.81. The van der Waals surface area contributed by atoms with Gasteiger partial charge < -0.3 is 24.2 Å². The van der Waals surface area contributed by atoms with Gasteiger partial charge >= 0.3 is 5.97 Å². The van der Waals surface area contributed by atoms with Gasteiger partial charge in [0.1, 0.15) is 11.9 Å². The van der Waals surface area contributed by atoms with Crippen LogP contribution in [0.2, 0.25) is 0 Å². The summed E-state index contributed by atoms with van der Waals surface area (Å²) in [5.74, 6) is 0.469. The maximum absolute atomic E-state index is 13.8. The second-order valence-electron chi connectivity index (χ2n) is 15.0. The van der Waals surface area contributed by atoms with E-state index in [2.05, 4.69) is 61.2 Å². The van der Waals surface area contributed by atoms with Crippen molar-refractivity contribution in [2.45, 2.75) is 118 Å². The van der Waals surface area contributed by atoms with Gasteiger partial charge in [-0.1, -0.05) is 50.2 Å². The number of rotatable bonds is 9. The molecule has 5 rings (SSSR count). The molecule has 2 aromatic carbocycles. The minimum atomic E-state index is -0.981. The van der Waals surface area contributed by atoms with Crippen LogP contribution in [0.25, 0.3) is 11.1 Å². The van der Waals surface area contributed by atoms with Crippen LogP contribution in [-0.2, 0) is 33.7 Å². The van der Waals surface area contributed by atoms with Crippen LogP contribution in [0.1, 0.15) is 102 Å². The van der Waals surface area contributed by atoms with Crippen LogP contribution in [0.15, 0.2) is 48.5 Å². The van der Waals surface area contributed by atoms with Gasteiger partial charge in [-0.2, -0.15) is 0 Å². The van der Waals surface area contributed by atoms with E-state index in [0.29, 0.717) is 17.0 Å². The number of fused-ring (bicyclic) bond motifs is 1. The third-order valence-electron chi connectivity index (χ3n) is 9.04. The number of aliphatic hydroxyl groups is 1. The molecule has 0 amide bonds. The first-order chi connectivity index (χ1) is 21.7. The van der Waals surface area contributed by atoms with Crippen molar-refractivity contribution in [1.82, 2.24) is 4.98 Å². The number of aromatic nitrogens is 1. The van der Waals surface area contributed by atoms with Crippen molar-refractivity contribution in [2.24, 2.45) is 5.41 Å². The molecule has 2 aliphatic heterocycles. The number of carbonyl (C=O) groups excluding carboxylic acids is 1. The van der Waals surface area contributed by atoms with Gasteiger partial charge in [0.15, 0.2) is 6.10 Å². The minimum Gasteiger partial charge on any atom is -0.490 e. The number of esters is 1. The second-order valence-corrected chi connectivity index (χ2v) is 15.0. The summed E-state index contributed by atoms with van der Waals surface area (Å²) < 4.78 is 18.8. The van der Waals surface area contributed by atoms with Crippen LogP contribution in [0.3, 0.4) is 0 Å². The topological polar surface area (TPSA) is 81.1 Å². The van der Waals surface area contributed by atoms with E-state index >= 15 is 0 Å². The van der Waals surface area contributed by atoms with Crippen LogP contribution in [-0.4, -0.2) is 47.0 Å². The first-order valence-corrected chi connectivity index (χ1v) is 16.9. The van der Waals surface area contributed by atoms with Gasteiger partial charge in [0.05, 0.1) is 29.7 Å². The Hall–Kier alpha value is -3.42. The van der Waals surface area contributed by atoms with E-state index in [4.69, 9.17) is 19.2 Å². The molecule has 7 nitrogen and oxygen atoms in total. The number of aliphatic hydroxyl groups excluding tert-OH is 1. The van der Waals surface area contributed by atoms with Crippen LogP contribution < -0.4 is 9.64 Å². The first-order valence-electron chi connectivity index (χ1n) is 16.9. The lowest BCUT2D eigenvalue weighted by molar-refractivity contribution is -0.171. The molecule has 248 valence electrons. The van der Waals surface area contributed by atoms with E-state index in [-0.39, 0.29) is 24.2 Å². The summed E-state index contributed by atoms with van der Waals surface area (Å²) in [6, 6.07) is 16.8. The molecule has 1 fully saturated rings. The predicted molar refractivity (Wildman–Crippen MR) is 183 cm³/mol.